The van der Waals surface area contributed by atoms with E-state index in [0.29, 0.717) is 5.56 Å². The summed E-state index contributed by atoms with van der Waals surface area (Å²) in [5.74, 6) is -3.89. The van der Waals surface area contributed by atoms with Gasteiger partial charge in [-0.25, -0.2) is 18.0 Å². The van der Waals surface area contributed by atoms with Gasteiger partial charge >= 0.3 is 5.97 Å². The summed E-state index contributed by atoms with van der Waals surface area (Å²) in [6, 6.07) is 6.13. The zero-order chi connectivity index (χ0) is 14.9. The number of hydrogen-bond acceptors (Lipinski definition) is 2. The van der Waals surface area contributed by atoms with E-state index in [1.807, 2.05) is 0 Å². The molecule has 0 saturated heterocycles. The number of ether oxygens (including phenoxy) is 1. The summed E-state index contributed by atoms with van der Waals surface area (Å²) in [5.41, 5.74) is -0.0166. The number of aryl methyl sites for hydroxylation is 1. The van der Waals surface area contributed by atoms with E-state index < -0.39 is 29.0 Å². The van der Waals surface area contributed by atoms with Crippen molar-refractivity contribution in [3.8, 4) is 11.1 Å². The van der Waals surface area contributed by atoms with E-state index in [4.69, 9.17) is 0 Å². The first-order valence-electron chi connectivity index (χ1n) is 5.78. The van der Waals surface area contributed by atoms with Crippen molar-refractivity contribution in [2.45, 2.75) is 6.92 Å². The Morgan fingerprint density at radius 1 is 1.00 bits per heavy atom. The van der Waals surface area contributed by atoms with Crippen LogP contribution in [0.5, 0.6) is 0 Å². The van der Waals surface area contributed by atoms with Crippen LogP contribution in [-0.2, 0) is 4.74 Å². The van der Waals surface area contributed by atoms with Crippen molar-refractivity contribution in [2.75, 3.05) is 7.11 Å². The average Bonchev–Trinajstić information content (AvgIpc) is 2.37. The van der Waals surface area contributed by atoms with Crippen LogP contribution in [0.1, 0.15) is 15.9 Å². The molecular formula is C15H11F3O2. The molecule has 0 fully saturated rings. The molecule has 5 heteroatoms. The highest BCUT2D eigenvalue weighted by atomic mass is 19.1. The van der Waals surface area contributed by atoms with Gasteiger partial charge in [0.1, 0.15) is 23.0 Å². The smallest absolute Gasteiger partial charge is 0.343 e. The minimum absolute atomic E-state index is 0.0187. The number of methoxy groups -OCH3 is 1. The highest BCUT2D eigenvalue weighted by Crippen LogP contribution is 2.27. The molecule has 0 saturated carbocycles. The molecule has 2 aromatic rings. The summed E-state index contributed by atoms with van der Waals surface area (Å²) in [5, 5.41) is 0. The molecule has 0 spiro atoms. The first-order chi connectivity index (χ1) is 9.43. The number of benzene rings is 2. The number of hydrogen-bond donors (Lipinski definition) is 0. The van der Waals surface area contributed by atoms with E-state index >= 15 is 0 Å². The maximum absolute atomic E-state index is 13.8. The minimum atomic E-state index is -1.11. The molecule has 0 unspecified atom stereocenters. The van der Waals surface area contributed by atoms with Gasteiger partial charge in [-0.3, -0.25) is 0 Å². The number of rotatable bonds is 2. The Morgan fingerprint density at radius 2 is 1.60 bits per heavy atom. The lowest BCUT2D eigenvalue weighted by Gasteiger charge is -2.08. The molecule has 0 aliphatic heterocycles. The standard InChI is InChI=1S/C15H11F3O2/c1-8-3-4-10(11(16)5-8)9-6-12(17)14(13(18)7-9)15(19)20-2/h3-7H,1-2H3. The highest BCUT2D eigenvalue weighted by Gasteiger charge is 2.20. The molecule has 0 aliphatic carbocycles. The number of halogens is 3. The van der Waals surface area contributed by atoms with Crippen molar-refractivity contribution >= 4 is 5.97 Å². The second kappa shape index (κ2) is 5.36. The van der Waals surface area contributed by atoms with Crippen molar-refractivity contribution in [3.05, 3.63) is 58.9 Å². The quantitative estimate of drug-likeness (QED) is 0.781. The Balaban J connectivity index is 2.58. The average molecular weight is 280 g/mol. The lowest BCUT2D eigenvalue weighted by atomic mass is 10.0. The van der Waals surface area contributed by atoms with E-state index in [0.717, 1.165) is 19.2 Å². The zero-order valence-electron chi connectivity index (χ0n) is 10.8. The van der Waals surface area contributed by atoms with Crippen molar-refractivity contribution < 1.29 is 22.7 Å². The van der Waals surface area contributed by atoms with Crippen LogP contribution in [0.3, 0.4) is 0 Å². The summed E-state index contributed by atoms with van der Waals surface area (Å²) in [6.07, 6.45) is 0. The second-order valence-electron chi connectivity index (χ2n) is 4.29. The third kappa shape index (κ3) is 2.52. The van der Waals surface area contributed by atoms with Crippen molar-refractivity contribution in [1.82, 2.24) is 0 Å². The lowest BCUT2D eigenvalue weighted by molar-refractivity contribution is 0.0590. The fourth-order valence-electron chi connectivity index (χ4n) is 1.88. The molecule has 0 aliphatic rings. The van der Waals surface area contributed by atoms with Crippen LogP contribution >= 0.6 is 0 Å². The minimum Gasteiger partial charge on any atom is -0.465 e. The first-order valence-corrected chi connectivity index (χ1v) is 5.78. The van der Waals surface area contributed by atoms with E-state index in [-0.39, 0.29) is 11.1 Å². The Kier molecular flexibility index (Phi) is 3.79. The highest BCUT2D eigenvalue weighted by molar-refractivity contribution is 5.90. The van der Waals surface area contributed by atoms with Gasteiger partial charge in [0.2, 0.25) is 0 Å². The van der Waals surface area contributed by atoms with Crippen molar-refractivity contribution in [2.24, 2.45) is 0 Å². The molecule has 104 valence electrons. The lowest BCUT2D eigenvalue weighted by Crippen LogP contribution is -2.08. The molecule has 2 rings (SSSR count). The van der Waals surface area contributed by atoms with E-state index in [9.17, 15) is 18.0 Å². The molecule has 0 N–H and O–H groups in total. The maximum atomic E-state index is 13.8. The fraction of sp³-hybridized carbons (Fsp3) is 0.133. The van der Waals surface area contributed by atoms with Gasteiger partial charge in [-0.05, 0) is 36.2 Å². The van der Waals surface area contributed by atoms with Gasteiger partial charge in [-0.1, -0.05) is 12.1 Å². The van der Waals surface area contributed by atoms with Gasteiger partial charge in [-0.15, -0.1) is 0 Å². The van der Waals surface area contributed by atoms with Crippen LogP contribution in [0.15, 0.2) is 30.3 Å². The molecule has 20 heavy (non-hydrogen) atoms. The van der Waals surface area contributed by atoms with E-state index in [2.05, 4.69) is 4.74 Å². The van der Waals surface area contributed by atoms with E-state index in [1.165, 1.54) is 12.1 Å². The third-order valence-corrected chi connectivity index (χ3v) is 2.87. The second-order valence-corrected chi connectivity index (χ2v) is 4.29. The summed E-state index contributed by atoms with van der Waals surface area (Å²) < 4.78 is 45.6. The molecule has 0 aromatic heterocycles. The Hall–Kier alpha value is -2.30. The Bertz CT molecular complexity index is 658. The van der Waals surface area contributed by atoms with Crippen LogP contribution in [0, 0.1) is 24.4 Å². The summed E-state index contributed by atoms with van der Waals surface area (Å²) in [4.78, 5) is 11.2. The normalized spacial score (nSPS) is 10.4. The van der Waals surface area contributed by atoms with Crippen LogP contribution < -0.4 is 0 Å². The van der Waals surface area contributed by atoms with Gasteiger partial charge in [0.25, 0.3) is 0 Å². The molecule has 0 radical (unpaired) electrons. The summed E-state index contributed by atoms with van der Waals surface area (Å²) in [6.45, 7) is 1.70. The van der Waals surface area contributed by atoms with Crippen molar-refractivity contribution in [3.63, 3.8) is 0 Å². The molecule has 2 nitrogen and oxygen atoms in total. The topological polar surface area (TPSA) is 26.3 Å². The van der Waals surface area contributed by atoms with Crippen LogP contribution in [0.25, 0.3) is 11.1 Å². The predicted molar refractivity (Wildman–Crippen MR) is 67.8 cm³/mol. The Labute approximate surface area is 113 Å². The predicted octanol–water partition coefficient (Wildman–Crippen LogP) is 3.87. The van der Waals surface area contributed by atoms with Gasteiger partial charge in [-0.2, -0.15) is 0 Å². The molecule has 0 bridgehead atoms. The van der Waals surface area contributed by atoms with Crippen LogP contribution in [-0.4, -0.2) is 13.1 Å². The van der Waals surface area contributed by atoms with Gasteiger partial charge in [0.15, 0.2) is 0 Å². The molecule has 0 atom stereocenters. The van der Waals surface area contributed by atoms with Gasteiger partial charge < -0.3 is 4.74 Å². The third-order valence-electron chi connectivity index (χ3n) is 2.87. The van der Waals surface area contributed by atoms with Crippen LogP contribution in [0.4, 0.5) is 13.2 Å². The van der Waals surface area contributed by atoms with Crippen molar-refractivity contribution in [1.29, 1.82) is 0 Å². The van der Waals surface area contributed by atoms with Gasteiger partial charge in [0.05, 0.1) is 7.11 Å². The van der Waals surface area contributed by atoms with E-state index in [1.54, 1.807) is 13.0 Å². The SMILES string of the molecule is COC(=O)c1c(F)cc(-c2ccc(C)cc2F)cc1F. The number of esters is 1. The fourth-order valence-corrected chi connectivity index (χ4v) is 1.88. The maximum Gasteiger partial charge on any atom is 0.343 e. The first kappa shape index (κ1) is 14.1. The van der Waals surface area contributed by atoms with Crippen LogP contribution in [0.2, 0.25) is 0 Å². The summed E-state index contributed by atoms with van der Waals surface area (Å²) in [7, 11) is 1.02. The molecule has 2 aromatic carbocycles. The molecule has 0 amide bonds. The zero-order valence-corrected chi connectivity index (χ0v) is 10.8. The Morgan fingerprint density at radius 3 is 2.10 bits per heavy atom. The molecular weight excluding hydrogens is 269 g/mol. The summed E-state index contributed by atoms with van der Waals surface area (Å²) >= 11 is 0. The number of carbonyl (C=O) groups excluding carboxylic acids is 1. The molecule has 0 heterocycles. The monoisotopic (exact) mass is 280 g/mol. The van der Waals surface area contributed by atoms with Gasteiger partial charge in [0, 0.05) is 5.56 Å². The largest absolute Gasteiger partial charge is 0.465 e. The number of carbonyl (C=O) groups is 1.